The molecule has 0 radical (unpaired) electrons. The van der Waals surface area contributed by atoms with Gasteiger partial charge in [-0.1, -0.05) is 11.6 Å². The molecule has 1 heterocycles. The fraction of sp³-hybridized carbons (Fsp3) is 0.375. The monoisotopic (exact) mass is 269 g/mol. The second kappa shape index (κ2) is 5.12. The molecule has 0 amide bonds. The highest BCUT2D eigenvalue weighted by atomic mass is 16.5. The fourth-order valence-corrected chi connectivity index (χ4v) is 2.24. The van der Waals surface area contributed by atoms with E-state index in [4.69, 9.17) is 4.74 Å². The van der Waals surface area contributed by atoms with E-state index in [1.165, 1.54) is 18.4 Å². The predicted molar refractivity (Wildman–Crippen MR) is 80.1 cm³/mol. The average Bonchev–Trinajstić information content (AvgIpc) is 3.22. The van der Waals surface area contributed by atoms with Gasteiger partial charge in [-0.3, -0.25) is 0 Å². The Morgan fingerprint density at radius 2 is 1.95 bits per heavy atom. The highest BCUT2D eigenvalue weighted by Gasteiger charge is 2.22. The van der Waals surface area contributed by atoms with Gasteiger partial charge in [-0.2, -0.15) is 0 Å². The van der Waals surface area contributed by atoms with Crippen LogP contribution in [0.5, 0.6) is 5.75 Å². The fourth-order valence-electron chi connectivity index (χ4n) is 2.24. The number of anilines is 1. The summed E-state index contributed by atoms with van der Waals surface area (Å²) in [6.45, 7) is 3.99. The Morgan fingerprint density at radius 3 is 2.65 bits per heavy atom. The van der Waals surface area contributed by atoms with Crippen LogP contribution >= 0.6 is 0 Å². The van der Waals surface area contributed by atoms with Gasteiger partial charge in [0.1, 0.15) is 17.4 Å². The first-order chi connectivity index (χ1) is 9.65. The third-order valence-corrected chi connectivity index (χ3v) is 3.40. The zero-order valence-electron chi connectivity index (χ0n) is 12.1. The second-order valence-electron chi connectivity index (χ2n) is 5.31. The Morgan fingerprint density at radius 1 is 1.15 bits per heavy atom. The first kappa shape index (κ1) is 12.9. The largest absolute Gasteiger partial charge is 0.496 e. The molecule has 3 rings (SSSR count). The molecule has 0 saturated heterocycles. The maximum absolute atomic E-state index is 5.45. The molecule has 20 heavy (non-hydrogen) atoms. The molecule has 0 unspecified atom stereocenters. The van der Waals surface area contributed by atoms with Gasteiger partial charge in [-0.05, 0) is 38.8 Å². The van der Waals surface area contributed by atoms with Crippen molar-refractivity contribution in [1.29, 1.82) is 0 Å². The van der Waals surface area contributed by atoms with Crippen LogP contribution in [0.1, 0.15) is 24.2 Å². The van der Waals surface area contributed by atoms with Gasteiger partial charge in [-0.15, -0.1) is 0 Å². The van der Waals surface area contributed by atoms with Crippen molar-refractivity contribution in [3.8, 4) is 17.0 Å². The molecule has 2 aromatic rings. The summed E-state index contributed by atoms with van der Waals surface area (Å²) in [5.74, 6) is 2.51. The molecule has 0 spiro atoms. The zero-order chi connectivity index (χ0) is 14.1. The highest BCUT2D eigenvalue weighted by molar-refractivity contribution is 5.70. The van der Waals surface area contributed by atoms with Crippen molar-refractivity contribution >= 4 is 5.82 Å². The molecule has 4 nitrogen and oxygen atoms in total. The minimum Gasteiger partial charge on any atom is -0.496 e. The number of methoxy groups -OCH3 is 1. The number of nitrogens with one attached hydrogen (secondary N) is 1. The summed E-state index contributed by atoms with van der Waals surface area (Å²) in [7, 11) is 1.69. The van der Waals surface area contributed by atoms with Gasteiger partial charge in [0.2, 0.25) is 0 Å². The molecule has 1 saturated carbocycles. The molecule has 1 fully saturated rings. The Labute approximate surface area is 119 Å². The van der Waals surface area contributed by atoms with Crippen LogP contribution in [0.15, 0.2) is 24.3 Å². The summed E-state index contributed by atoms with van der Waals surface area (Å²) < 4.78 is 5.45. The Hall–Kier alpha value is -2.10. The van der Waals surface area contributed by atoms with Gasteiger partial charge in [-0.25, -0.2) is 9.97 Å². The lowest BCUT2D eigenvalue weighted by Crippen LogP contribution is -2.05. The number of hydrogen-bond donors (Lipinski definition) is 1. The molecule has 1 aromatic heterocycles. The van der Waals surface area contributed by atoms with Crippen LogP contribution in [-0.2, 0) is 0 Å². The molecule has 1 aliphatic carbocycles. The lowest BCUT2D eigenvalue weighted by molar-refractivity contribution is 0.416. The molecule has 0 atom stereocenters. The van der Waals surface area contributed by atoms with Gasteiger partial charge in [0.25, 0.3) is 0 Å². The zero-order valence-corrected chi connectivity index (χ0v) is 12.1. The van der Waals surface area contributed by atoms with Crippen LogP contribution in [0, 0.1) is 13.8 Å². The summed E-state index contributed by atoms with van der Waals surface area (Å²) in [5, 5.41) is 3.43. The van der Waals surface area contributed by atoms with E-state index in [0.29, 0.717) is 6.04 Å². The molecule has 4 heteroatoms. The van der Waals surface area contributed by atoms with Crippen molar-refractivity contribution < 1.29 is 4.74 Å². The Kier molecular flexibility index (Phi) is 3.30. The summed E-state index contributed by atoms with van der Waals surface area (Å²) >= 11 is 0. The van der Waals surface area contributed by atoms with E-state index in [9.17, 15) is 0 Å². The molecular weight excluding hydrogens is 250 g/mol. The third-order valence-electron chi connectivity index (χ3n) is 3.40. The van der Waals surface area contributed by atoms with Crippen molar-refractivity contribution in [3.63, 3.8) is 0 Å². The number of benzene rings is 1. The van der Waals surface area contributed by atoms with Crippen molar-refractivity contribution in [2.45, 2.75) is 32.7 Å². The van der Waals surface area contributed by atoms with Gasteiger partial charge >= 0.3 is 0 Å². The molecular formula is C16H19N3O. The minimum atomic E-state index is 0.580. The lowest BCUT2D eigenvalue weighted by atomic mass is 10.1. The van der Waals surface area contributed by atoms with Crippen molar-refractivity contribution in [3.05, 3.63) is 35.7 Å². The summed E-state index contributed by atoms with van der Waals surface area (Å²) in [4.78, 5) is 9.00. The Bertz CT molecular complexity index is 636. The number of aryl methyl sites for hydroxylation is 2. The van der Waals surface area contributed by atoms with Crippen molar-refractivity contribution in [2.75, 3.05) is 12.4 Å². The molecule has 104 valence electrons. The van der Waals surface area contributed by atoms with Crippen LogP contribution < -0.4 is 10.1 Å². The van der Waals surface area contributed by atoms with Gasteiger partial charge in [0.05, 0.1) is 12.8 Å². The van der Waals surface area contributed by atoms with E-state index in [-0.39, 0.29) is 0 Å². The van der Waals surface area contributed by atoms with Crippen molar-refractivity contribution in [2.24, 2.45) is 0 Å². The maximum Gasteiger partial charge on any atom is 0.130 e. The molecule has 1 aromatic carbocycles. The normalized spacial score (nSPS) is 14.2. The maximum atomic E-state index is 5.45. The van der Waals surface area contributed by atoms with Gasteiger partial charge in [0.15, 0.2) is 0 Å². The average molecular weight is 269 g/mol. The summed E-state index contributed by atoms with van der Waals surface area (Å²) in [6.07, 6.45) is 2.46. The minimum absolute atomic E-state index is 0.580. The van der Waals surface area contributed by atoms with Crippen LogP contribution in [0.2, 0.25) is 0 Å². The quantitative estimate of drug-likeness (QED) is 0.924. The van der Waals surface area contributed by atoms with E-state index < -0.39 is 0 Å². The van der Waals surface area contributed by atoms with E-state index in [2.05, 4.69) is 28.3 Å². The molecule has 1 aliphatic rings. The second-order valence-corrected chi connectivity index (χ2v) is 5.31. The summed E-state index contributed by atoms with van der Waals surface area (Å²) in [5.41, 5.74) is 3.10. The van der Waals surface area contributed by atoms with Crippen LogP contribution in [0.3, 0.4) is 0 Å². The Balaban J connectivity index is 2.04. The van der Waals surface area contributed by atoms with Gasteiger partial charge in [0, 0.05) is 17.7 Å². The standard InChI is InChI=1S/C16H19N3O/c1-10-4-7-15(20-3)13(8-10)14-9-16(18-11(2)17-14)19-12-5-6-12/h4,7-9,12H,5-6H2,1-3H3,(H,17,18,19). The van der Waals surface area contributed by atoms with E-state index in [1.807, 2.05) is 25.1 Å². The number of nitrogens with zero attached hydrogens (tertiary/aromatic N) is 2. The van der Waals surface area contributed by atoms with E-state index >= 15 is 0 Å². The highest BCUT2D eigenvalue weighted by Crippen LogP contribution is 2.31. The smallest absolute Gasteiger partial charge is 0.130 e. The number of rotatable bonds is 4. The van der Waals surface area contributed by atoms with Gasteiger partial charge < -0.3 is 10.1 Å². The van der Waals surface area contributed by atoms with E-state index in [1.54, 1.807) is 7.11 Å². The lowest BCUT2D eigenvalue weighted by Gasteiger charge is -2.11. The molecule has 0 bridgehead atoms. The van der Waals surface area contributed by atoms with Crippen LogP contribution in [0.4, 0.5) is 5.82 Å². The number of aromatic nitrogens is 2. The van der Waals surface area contributed by atoms with Crippen molar-refractivity contribution in [1.82, 2.24) is 9.97 Å². The molecule has 1 N–H and O–H groups in total. The van der Waals surface area contributed by atoms with E-state index in [0.717, 1.165) is 28.6 Å². The first-order valence-electron chi connectivity index (χ1n) is 6.93. The topological polar surface area (TPSA) is 47.0 Å². The molecule has 0 aliphatic heterocycles. The predicted octanol–water partition coefficient (Wildman–Crippen LogP) is 3.34. The third kappa shape index (κ3) is 2.74. The first-order valence-corrected chi connectivity index (χ1v) is 6.93. The summed E-state index contributed by atoms with van der Waals surface area (Å²) in [6, 6.07) is 8.71. The SMILES string of the molecule is COc1ccc(C)cc1-c1cc(NC2CC2)nc(C)n1. The van der Waals surface area contributed by atoms with Crippen LogP contribution in [0.25, 0.3) is 11.3 Å². The number of ether oxygens (including phenoxy) is 1. The number of hydrogen-bond acceptors (Lipinski definition) is 4. The van der Waals surface area contributed by atoms with Crippen LogP contribution in [-0.4, -0.2) is 23.1 Å².